The maximum atomic E-state index is 12.0. The Bertz CT molecular complexity index is 1000. The van der Waals surface area contributed by atoms with E-state index < -0.39 is 5.54 Å². The molecule has 1 aromatic carbocycles. The van der Waals surface area contributed by atoms with Crippen molar-refractivity contribution >= 4 is 11.0 Å². The molecule has 0 saturated heterocycles. The maximum absolute atomic E-state index is 12.0. The smallest absolute Gasteiger partial charge is 0.141 e. The zero-order valence-electron chi connectivity index (χ0n) is 16.7. The standard InChI is InChI=1S/C21H26N4O2/c1-6-21(7-2,24-26)16-10-15(18-12(3)23-27-13(18)4)11-17-19(16)22-20(25(17)5)14-8-9-14/h10-11,14H,6-9H2,1-5H3. The second-order valence-electron chi connectivity index (χ2n) is 7.72. The summed E-state index contributed by atoms with van der Waals surface area (Å²) in [5, 5.41) is 7.71. The minimum absolute atomic E-state index is 0.527. The van der Waals surface area contributed by atoms with Gasteiger partial charge in [0.25, 0.3) is 0 Å². The number of aromatic nitrogens is 3. The average Bonchev–Trinajstić information content (AvgIpc) is 3.39. The number of nitroso groups, excluding NO2 is 1. The van der Waals surface area contributed by atoms with Crippen molar-refractivity contribution in [3.8, 4) is 11.1 Å². The molecular weight excluding hydrogens is 340 g/mol. The molecule has 0 amide bonds. The van der Waals surface area contributed by atoms with Crippen LogP contribution in [0.2, 0.25) is 0 Å². The van der Waals surface area contributed by atoms with Crippen LogP contribution in [-0.4, -0.2) is 14.7 Å². The van der Waals surface area contributed by atoms with Gasteiger partial charge in [0.15, 0.2) is 0 Å². The largest absolute Gasteiger partial charge is 0.361 e. The highest BCUT2D eigenvalue weighted by molar-refractivity contribution is 5.87. The molecule has 1 aliphatic rings. The first-order chi connectivity index (χ1) is 13.0. The lowest BCUT2D eigenvalue weighted by molar-refractivity contribution is 0.393. The van der Waals surface area contributed by atoms with Gasteiger partial charge in [-0.3, -0.25) is 0 Å². The van der Waals surface area contributed by atoms with Crippen LogP contribution in [-0.2, 0) is 12.6 Å². The van der Waals surface area contributed by atoms with E-state index in [2.05, 4.69) is 34.1 Å². The summed E-state index contributed by atoms with van der Waals surface area (Å²) in [6.07, 6.45) is 3.65. The van der Waals surface area contributed by atoms with Gasteiger partial charge < -0.3 is 9.09 Å². The van der Waals surface area contributed by atoms with Gasteiger partial charge in [-0.2, -0.15) is 0 Å². The van der Waals surface area contributed by atoms with Crippen LogP contribution in [0.15, 0.2) is 21.8 Å². The molecule has 0 unspecified atom stereocenters. The third-order valence-corrected chi connectivity index (χ3v) is 6.13. The molecule has 0 aliphatic heterocycles. The number of rotatable bonds is 6. The SMILES string of the molecule is CCC(CC)(N=O)c1cc(-c2c(C)noc2C)cc2c1nc(C1CC1)n2C. The Kier molecular flexibility index (Phi) is 4.17. The van der Waals surface area contributed by atoms with Gasteiger partial charge in [-0.25, -0.2) is 4.98 Å². The number of nitrogens with zero attached hydrogens (tertiary/aromatic N) is 4. The van der Waals surface area contributed by atoms with E-state index in [1.165, 1.54) is 12.8 Å². The van der Waals surface area contributed by atoms with E-state index >= 15 is 0 Å². The van der Waals surface area contributed by atoms with E-state index in [0.717, 1.165) is 45.0 Å². The Balaban J connectivity index is 2.07. The first-order valence-electron chi connectivity index (χ1n) is 9.74. The highest BCUT2D eigenvalue weighted by Gasteiger charge is 2.36. The number of imidazole rings is 1. The summed E-state index contributed by atoms with van der Waals surface area (Å²) in [5.41, 5.74) is 4.92. The van der Waals surface area contributed by atoms with Crippen LogP contribution in [0.4, 0.5) is 0 Å². The van der Waals surface area contributed by atoms with E-state index in [0.29, 0.717) is 18.8 Å². The second kappa shape index (κ2) is 6.29. The lowest BCUT2D eigenvalue weighted by Gasteiger charge is -2.25. The number of benzene rings is 1. The predicted octanol–water partition coefficient (Wildman–Crippen LogP) is 5.50. The molecule has 27 heavy (non-hydrogen) atoms. The summed E-state index contributed by atoms with van der Waals surface area (Å²) in [4.78, 5) is 17.0. The van der Waals surface area contributed by atoms with Crippen LogP contribution >= 0.6 is 0 Å². The molecular formula is C21H26N4O2. The molecule has 0 radical (unpaired) electrons. The Morgan fingerprint density at radius 3 is 2.48 bits per heavy atom. The third-order valence-electron chi connectivity index (χ3n) is 6.13. The van der Waals surface area contributed by atoms with E-state index in [-0.39, 0.29) is 0 Å². The molecule has 6 nitrogen and oxygen atoms in total. The fourth-order valence-corrected chi connectivity index (χ4v) is 4.22. The molecule has 2 aromatic heterocycles. The second-order valence-corrected chi connectivity index (χ2v) is 7.72. The van der Waals surface area contributed by atoms with E-state index in [4.69, 9.17) is 9.51 Å². The number of hydrogen-bond acceptors (Lipinski definition) is 5. The number of aryl methyl sites for hydroxylation is 3. The third kappa shape index (κ3) is 2.61. The van der Waals surface area contributed by atoms with Crippen molar-refractivity contribution in [2.75, 3.05) is 0 Å². The van der Waals surface area contributed by atoms with Gasteiger partial charge in [-0.05, 0) is 57.2 Å². The van der Waals surface area contributed by atoms with Crippen LogP contribution < -0.4 is 0 Å². The molecule has 1 fully saturated rings. The van der Waals surface area contributed by atoms with Crippen LogP contribution in [0.25, 0.3) is 22.2 Å². The maximum Gasteiger partial charge on any atom is 0.141 e. The van der Waals surface area contributed by atoms with Crippen molar-refractivity contribution < 1.29 is 4.52 Å². The van der Waals surface area contributed by atoms with E-state index in [1.807, 2.05) is 27.7 Å². The summed E-state index contributed by atoms with van der Waals surface area (Å²) < 4.78 is 7.57. The highest BCUT2D eigenvalue weighted by atomic mass is 16.5. The van der Waals surface area contributed by atoms with Crippen molar-refractivity contribution in [1.82, 2.24) is 14.7 Å². The molecule has 6 heteroatoms. The van der Waals surface area contributed by atoms with Crippen molar-refractivity contribution in [2.24, 2.45) is 12.2 Å². The first kappa shape index (κ1) is 17.9. The minimum Gasteiger partial charge on any atom is -0.361 e. The molecule has 0 N–H and O–H groups in total. The van der Waals surface area contributed by atoms with Crippen molar-refractivity contribution in [3.63, 3.8) is 0 Å². The summed E-state index contributed by atoms with van der Waals surface area (Å²) in [7, 11) is 2.07. The van der Waals surface area contributed by atoms with Gasteiger partial charge >= 0.3 is 0 Å². The molecule has 142 valence electrons. The van der Waals surface area contributed by atoms with Gasteiger partial charge in [-0.1, -0.05) is 24.2 Å². The molecule has 0 bridgehead atoms. The van der Waals surface area contributed by atoms with E-state index in [1.54, 1.807) is 0 Å². The summed E-state index contributed by atoms with van der Waals surface area (Å²) in [6, 6.07) is 4.22. The monoisotopic (exact) mass is 366 g/mol. The molecule has 0 atom stereocenters. The summed E-state index contributed by atoms with van der Waals surface area (Å²) in [6.45, 7) is 7.90. The van der Waals surface area contributed by atoms with Gasteiger partial charge in [0.1, 0.15) is 17.1 Å². The Morgan fingerprint density at radius 2 is 1.96 bits per heavy atom. The predicted molar refractivity (Wildman–Crippen MR) is 106 cm³/mol. The van der Waals surface area contributed by atoms with Gasteiger partial charge in [-0.15, -0.1) is 4.91 Å². The van der Waals surface area contributed by atoms with Crippen molar-refractivity contribution in [1.29, 1.82) is 0 Å². The minimum atomic E-state index is -0.775. The van der Waals surface area contributed by atoms with Crippen LogP contribution in [0.1, 0.15) is 68.3 Å². The first-order valence-corrected chi connectivity index (χ1v) is 9.74. The molecule has 0 spiro atoms. The topological polar surface area (TPSA) is 73.3 Å². The summed E-state index contributed by atoms with van der Waals surface area (Å²) >= 11 is 0. The Labute approximate surface area is 158 Å². The lowest BCUT2D eigenvalue weighted by atomic mass is 9.83. The zero-order valence-corrected chi connectivity index (χ0v) is 16.7. The van der Waals surface area contributed by atoms with Crippen LogP contribution in [0.3, 0.4) is 0 Å². The zero-order chi connectivity index (χ0) is 19.3. The molecule has 1 saturated carbocycles. The van der Waals surface area contributed by atoms with E-state index in [9.17, 15) is 4.91 Å². The highest BCUT2D eigenvalue weighted by Crippen LogP contribution is 2.44. The quantitative estimate of drug-likeness (QED) is 0.540. The van der Waals surface area contributed by atoms with Crippen LogP contribution in [0.5, 0.6) is 0 Å². The molecule has 4 rings (SSSR count). The number of hydrogen-bond donors (Lipinski definition) is 0. The molecule has 3 aromatic rings. The molecule has 2 heterocycles. The Hall–Kier alpha value is -2.50. The van der Waals surface area contributed by atoms with Gasteiger partial charge in [0, 0.05) is 24.1 Å². The van der Waals surface area contributed by atoms with Crippen molar-refractivity contribution in [2.45, 2.75) is 64.8 Å². The number of fused-ring (bicyclic) bond motifs is 1. The average molecular weight is 366 g/mol. The van der Waals surface area contributed by atoms with Crippen molar-refractivity contribution in [3.05, 3.63) is 39.9 Å². The Morgan fingerprint density at radius 1 is 1.26 bits per heavy atom. The van der Waals surface area contributed by atoms with Gasteiger partial charge in [0.05, 0.1) is 16.7 Å². The lowest BCUT2D eigenvalue weighted by Crippen LogP contribution is -2.21. The molecule has 1 aliphatic carbocycles. The van der Waals surface area contributed by atoms with Crippen LogP contribution in [0, 0.1) is 18.8 Å². The summed E-state index contributed by atoms with van der Waals surface area (Å²) in [5.74, 6) is 2.41. The normalized spacial score (nSPS) is 14.9. The van der Waals surface area contributed by atoms with Gasteiger partial charge in [0.2, 0.25) is 0 Å². The fourth-order valence-electron chi connectivity index (χ4n) is 4.22. The fraction of sp³-hybridized carbons (Fsp3) is 0.524.